The van der Waals surface area contributed by atoms with Gasteiger partial charge in [0.2, 0.25) is 0 Å². The number of allylic oxidation sites excluding steroid dienone is 1. The molecule has 4 heteroatoms. The van der Waals surface area contributed by atoms with Crippen LogP contribution >= 0.6 is 0 Å². The van der Waals surface area contributed by atoms with Crippen molar-refractivity contribution < 1.29 is 19.0 Å². The number of benzene rings is 1. The number of ether oxygens (including phenoxy) is 3. The van der Waals surface area contributed by atoms with Gasteiger partial charge in [0.05, 0.1) is 19.3 Å². The summed E-state index contributed by atoms with van der Waals surface area (Å²) in [5, 5.41) is 0. The first kappa shape index (κ1) is 14.4. The van der Waals surface area contributed by atoms with E-state index in [1.54, 1.807) is 14.0 Å². The molecule has 0 aliphatic carbocycles. The van der Waals surface area contributed by atoms with E-state index in [4.69, 9.17) is 14.2 Å². The molecule has 0 amide bonds. The number of rotatable bonds is 4. The minimum atomic E-state index is -0.266. The molecule has 2 rings (SSSR count). The Morgan fingerprint density at radius 3 is 2.60 bits per heavy atom. The average Bonchev–Trinajstić information content (AvgIpc) is 2.47. The maximum Gasteiger partial charge on any atom is 0.337 e. The highest BCUT2D eigenvalue weighted by Crippen LogP contribution is 2.34. The second-order valence-electron chi connectivity index (χ2n) is 4.67. The van der Waals surface area contributed by atoms with Gasteiger partial charge in [0, 0.05) is 0 Å². The van der Waals surface area contributed by atoms with E-state index >= 15 is 0 Å². The summed E-state index contributed by atoms with van der Waals surface area (Å²) in [6.45, 7) is 4.01. The number of hydrogen-bond donors (Lipinski definition) is 0. The van der Waals surface area contributed by atoms with Gasteiger partial charge in [0.15, 0.2) is 0 Å². The van der Waals surface area contributed by atoms with Gasteiger partial charge < -0.3 is 14.2 Å². The normalized spacial score (nSPS) is 18.4. The first-order valence-electron chi connectivity index (χ1n) is 6.83. The summed E-state index contributed by atoms with van der Waals surface area (Å²) in [5.41, 5.74) is 1.74. The molecule has 1 unspecified atom stereocenters. The van der Waals surface area contributed by atoms with Crippen molar-refractivity contribution in [1.82, 2.24) is 0 Å². The van der Waals surface area contributed by atoms with E-state index in [0.29, 0.717) is 24.4 Å². The molecule has 0 spiro atoms. The fourth-order valence-electron chi connectivity index (χ4n) is 2.31. The van der Waals surface area contributed by atoms with Gasteiger partial charge in [-0.3, -0.25) is 0 Å². The van der Waals surface area contributed by atoms with E-state index in [9.17, 15) is 4.79 Å². The largest absolute Gasteiger partial charge is 0.497 e. The third-order valence-electron chi connectivity index (χ3n) is 3.41. The van der Waals surface area contributed by atoms with Crippen molar-refractivity contribution in [3.05, 3.63) is 41.2 Å². The van der Waals surface area contributed by atoms with Crippen LogP contribution in [-0.4, -0.2) is 19.7 Å². The van der Waals surface area contributed by atoms with E-state index in [1.165, 1.54) is 0 Å². The van der Waals surface area contributed by atoms with Gasteiger partial charge in [-0.15, -0.1) is 0 Å². The zero-order chi connectivity index (χ0) is 14.5. The Labute approximate surface area is 119 Å². The van der Waals surface area contributed by atoms with E-state index < -0.39 is 0 Å². The minimum absolute atomic E-state index is 0.0147. The Hall–Kier alpha value is -1.97. The van der Waals surface area contributed by atoms with Gasteiger partial charge >= 0.3 is 5.97 Å². The van der Waals surface area contributed by atoms with Crippen LogP contribution in [0.4, 0.5) is 0 Å². The molecule has 1 aromatic carbocycles. The third kappa shape index (κ3) is 3.13. The van der Waals surface area contributed by atoms with Crippen molar-refractivity contribution in [2.75, 3.05) is 13.7 Å². The highest BCUT2D eigenvalue weighted by Gasteiger charge is 2.25. The summed E-state index contributed by atoms with van der Waals surface area (Å²) < 4.78 is 16.0. The van der Waals surface area contributed by atoms with Gasteiger partial charge in [-0.1, -0.05) is 12.1 Å². The highest BCUT2D eigenvalue weighted by molar-refractivity contribution is 5.89. The molecule has 1 aromatic rings. The van der Waals surface area contributed by atoms with Crippen molar-refractivity contribution in [3.63, 3.8) is 0 Å². The Balaban J connectivity index is 2.09. The molecule has 0 bridgehead atoms. The molecule has 0 radical (unpaired) electrons. The number of esters is 1. The summed E-state index contributed by atoms with van der Waals surface area (Å²) in [5.74, 6) is 1.22. The topological polar surface area (TPSA) is 44.8 Å². The van der Waals surface area contributed by atoms with Crippen LogP contribution in [0.2, 0.25) is 0 Å². The first-order valence-corrected chi connectivity index (χ1v) is 6.83. The van der Waals surface area contributed by atoms with Crippen LogP contribution in [0, 0.1) is 0 Å². The monoisotopic (exact) mass is 276 g/mol. The predicted octanol–water partition coefficient (Wildman–Crippen LogP) is 3.38. The Morgan fingerprint density at radius 1 is 1.35 bits per heavy atom. The number of carbonyl (C=O) groups excluding carboxylic acids is 1. The van der Waals surface area contributed by atoms with Crippen molar-refractivity contribution in [3.8, 4) is 5.75 Å². The molecule has 1 aliphatic heterocycles. The van der Waals surface area contributed by atoms with E-state index in [1.807, 2.05) is 31.2 Å². The molecular weight excluding hydrogens is 256 g/mol. The van der Waals surface area contributed by atoms with Crippen LogP contribution in [0.1, 0.15) is 38.4 Å². The lowest BCUT2D eigenvalue weighted by Gasteiger charge is -2.26. The molecule has 1 heterocycles. The maximum absolute atomic E-state index is 11.8. The molecule has 108 valence electrons. The molecular formula is C16H20O4. The zero-order valence-electron chi connectivity index (χ0n) is 12.1. The van der Waals surface area contributed by atoms with Crippen LogP contribution in [0.25, 0.3) is 0 Å². The molecule has 0 fully saturated rings. The lowest BCUT2D eigenvalue weighted by molar-refractivity contribution is -0.139. The first-order chi connectivity index (χ1) is 9.65. The van der Waals surface area contributed by atoms with Crippen LogP contribution in [0.15, 0.2) is 35.6 Å². The lowest BCUT2D eigenvalue weighted by atomic mass is 9.97. The van der Waals surface area contributed by atoms with Gasteiger partial charge in [0.1, 0.15) is 17.6 Å². The van der Waals surface area contributed by atoms with Gasteiger partial charge in [0.25, 0.3) is 0 Å². The summed E-state index contributed by atoms with van der Waals surface area (Å²) in [6.07, 6.45) is 1.44. The number of carbonyl (C=O) groups is 1. The molecule has 0 saturated heterocycles. The van der Waals surface area contributed by atoms with Crippen LogP contribution in [0.5, 0.6) is 5.75 Å². The molecule has 0 N–H and O–H groups in total. The van der Waals surface area contributed by atoms with E-state index in [0.717, 1.165) is 17.7 Å². The second kappa shape index (κ2) is 6.46. The molecule has 4 nitrogen and oxygen atoms in total. The van der Waals surface area contributed by atoms with Crippen molar-refractivity contribution in [2.45, 2.75) is 32.8 Å². The van der Waals surface area contributed by atoms with Gasteiger partial charge in [-0.05, 0) is 44.4 Å². The van der Waals surface area contributed by atoms with Gasteiger partial charge in [-0.25, -0.2) is 4.79 Å². The summed E-state index contributed by atoms with van der Waals surface area (Å²) in [6, 6.07) is 7.81. The third-order valence-corrected chi connectivity index (χ3v) is 3.41. The van der Waals surface area contributed by atoms with Crippen molar-refractivity contribution >= 4 is 5.97 Å². The zero-order valence-corrected chi connectivity index (χ0v) is 12.1. The Bertz CT molecular complexity index is 502. The quantitative estimate of drug-likeness (QED) is 0.791. The number of methoxy groups -OCH3 is 1. The smallest absolute Gasteiger partial charge is 0.337 e. The van der Waals surface area contributed by atoms with Gasteiger partial charge in [-0.2, -0.15) is 0 Å². The SMILES string of the molecule is CCOC(=O)C1=C(C)OC(c2ccc(OC)cc2)CC1. The standard InChI is InChI=1S/C16H20O4/c1-4-19-16(17)14-9-10-15(20-11(14)2)12-5-7-13(18-3)8-6-12/h5-8,15H,4,9-10H2,1-3H3. The Morgan fingerprint density at radius 2 is 2.05 bits per heavy atom. The summed E-state index contributed by atoms with van der Waals surface area (Å²) in [4.78, 5) is 11.8. The van der Waals surface area contributed by atoms with E-state index in [2.05, 4.69) is 0 Å². The Kier molecular flexibility index (Phi) is 4.66. The van der Waals surface area contributed by atoms with Crippen LogP contribution < -0.4 is 4.74 Å². The van der Waals surface area contributed by atoms with Crippen LogP contribution in [0.3, 0.4) is 0 Å². The molecule has 1 aliphatic rings. The summed E-state index contributed by atoms with van der Waals surface area (Å²) >= 11 is 0. The van der Waals surface area contributed by atoms with Crippen molar-refractivity contribution in [1.29, 1.82) is 0 Å². The lowest BCUT2D eigenvalue weighted by Crippen LogP contribution is -2.17. The minimum Gasteiger partial charge on any atom is -0.497 e. The maximum atomic E-state index is 11.8. The fraction of sp³-hybridized carbons (Fsp3) is 0.438. The second-order valence-corrected chi connectivity index (χ2v) is 4.67. The number of hydrogen-bond acceptors (Lipinski definition) is 4. The average molecular weight is 276 g/mol. The highest BCUT2D eigenvalue weighted by atomic mass is 16.5. The molecule has 0 aromatic heterocycles. The molecule has 20 heavy (non-hydrogen) atoms. The fourth-order valence-corrected chi connectivity index (χ4v) is 2.31. The van der Waals surface area contributed by atoms with E-state index in [-0.39, 0.29) is 12.1 Å². The predicted molar refractivity (Wildman–Crippen MR) is 75.4 cm³/mol. The molecule has 0 saturated carbocycles. The summed E-state index contributed by atoms with van der Waals surface area (Å²) in [7, 11) is 1.64. The molecule has 1 atom stereocenters. The van der Waals surface area contributed by atoms with Crippen LogP contribution in [-0.2, 0) is 14.3 Å². The van der Waals surface area contributed by atoms with Crippen molar-refractivity contribution in [2.24, 2.45) is 0 Å².